The quantitative estimate of drug-likeness (QED) is 0.643. The Kier molecular flexibility index (Phi) is 5.14. The highest BCUT2D eigenvalue weighted by Gasteiger charge is 2.12. The van der Waals surface area contributed by atoms with E-state index >= 15 is 0 Å². The molecular weight excluding hydrogens is 158 g/mol. The van der Waals surface area contributed by atoms with Crippen LogP contribution in [0, 0.1) is 5.92 Å². The third-order valence-corrected chi connectivity index (χ3v) is 3.10. The summed E-state index contributed by atoms with van der Waals surface area (Å²) in [7, 11) is 0. The summed E-state index contributed by atoms with van der Waals surface area (Å²) in [4.78, 5) is 0. The van der Waals surface area contributed by atoms with Gasteiger partial charge >= 0.3 is 0 Å². The molecule has 76 valence electrons. The molecule has 0 aromatic heterocycles. The summed E-state index contributed by atoms with van der Waals surface area (Å²) in [5.74, 6) is 0.998. The minimum atomic E-state index is 0.476. The summed E-state index contributed by atoms with van der Waals surface area (Å²) in [6.07, 6.45) is 10.6. The van der Waals surface area contributed by atoms with Crippen LogP contribution in [-0.2, 0) is 0 Å². The van der Waals surface area contributed by atoms with E-state index < -0.39 is 0 Å². The van der Waals surface area contributed by atoms with Crippen LogP contribution < -0.4 is 5.32 Å². The zero-order valence-electron chi connectivity index (χ0n) is 8.89. The van der Waals surface area contributed by atoms with Gasteiger partial charge in [-0.2, -0.15) is 0 Å². The molecule has 1 saturated carbocycles. The average Bonchev–Trinajstić information content (AvgIpc) is 2.19. The van der Waals surface area contributed by atoms with Crippen molar-refractivity contribution in [1.82, 2.24) is 5.32 Å². The topological polar surface area (TPSA) is 12.0 Å². The monoisotopic (exact) mass is 181 g/mol. The molecule has 0 aliphatic heterocycles. The molecule has 0 spiro atoms. The molecule has 1 heteroatoms. The van der Waals surface area contributed by atoms with Crippen molar-refractivity contribution in [2.45, 2.75) is 51.5 Å². The summed E-state index contributed by atoms with van der Waals surface area (Å²) in [5, 5.41) is 3.46. The summed E-state index contributed by atoms with van der Waals surface area (Å²) in [6.45, 7) is 7.09. The average molecular weight is 181 g/mol. The van der Waals surface area contributed by atoms with E-state index in [-0.39, 0.29) is 0 Å². The van der Waals surface area contributed by atoms with Crippen LogP contribution in [0.4, 0.5) is 0 Å². The first-order valence-electron chi connectivity index (χ1n) is 5.69. The van der Waals surface area contributed by atoms with Gasteiger partial charge in [-0.05, 0) is 25.8 Å². The fourth-order valence-electron chi connectivity index (χ4n) is 2.07. The van der Waals surface area contributed by atoms with Crippen LogP contribution in [0.5, 0.6) is 0 Å². The molecule has 0 aromatic carbocycles. The van der Waals surface area contributed by atoms with E-state index in [1.54, 1.807) is 0 Å². The van der Waals surface area contributed by atoms with Gasteiger partial charge in [0.2, 0.25) is 0 Å². The smallest absolute Gasteiger partial charge is 0.0219 e. The summed E-state index contributed by atoms with van der Waals surface area (Å²) in [6, 6.07) is 0.476. The first-order valence-corrected chi connectivity index (χ1v) is 5.69. The molecule has 0 heterocycles. The molecule has 0 saturated heterocycles. The fraction of sp³-hybridized carbons (Fsp3) is 0.833. The third kappa shape index (κ3) is 4.47. The number of nitrogens with one attached hydrogen (secondary N) is 1. The first-order chi connectivity index (χ1) is 6.33. The molecule has 1 nitrogen and oxygen atoms in total. The second-order valence-corrected chi connectivity index (χ2v) is 4.27. The molecule has 0 aromatic rings. The highest BCUT2D eigenvalue weighted by Crippen LogP contribution is 2.25. The SMILES string of the molecule is C=CC(C)NCCC1CCCCC1. The lowest BCUT2D eigenvalue weighted by Gasteiger charge is -2.22. The maximum atomic E-state index is 3.76. The van der Waals surface area contributed by atoms with Crippen molar-refractivity contribution in [3.63, 3.8) is 0 Å². The van der Waals surface area contributed by atoms with Crippen LogP contribution in [0.25, 0.3) is 0 Å². The minimum absolute atomic E-state index is 0.476. The highest BCUT2D eigenvalue weighted by atomic mass is 14.9. The Morgan fingerprint density at radius 2 is 2.08 bits per heavy atom. The van der Waals surface area contributed by atoms with Gasteiger partial charge < -0.3 is 5.32 Å². The number of hydrogen-bond donors (Lipinski definition) is 1. The van der Waals surface area contributed by atoms with Crippen LogP contribution in [0.1, 0.15) is 45.4 Å². The highest BCUT2D eigenvalue weighted by molar-refractivity contribution is 4.81. The molecule has 1 rings (SSSR count). The third-order valence-electron chi connectivity index (χ3n) is 3.10. The van der Waals surface area contributed by atoms with Gasteiger partial charge in [-0.1, -0.05) is 38.2 Å². The maximum absolute atomic E-state index is 3.76. The van der Waals surface area contributed by atoms with Gasteiger partial charge in [0.05, 0.1) is 0 Å². The van der Waals surface area contributed by atoms with Gasteiger partial charge in [0.15, 0.2) is 0 Å². The predicted octanol–water partition coefficient (Wildman–Crippen LogP) is 3.12. The van der Waals surface area contributed by atoms with Gasteiger partial charge in [0, 0.05) is 6.04 Å². The normalized spacial score (nSPS) is 21.3. The Labute approximate surface area is 82.6 Å². The van der Waals surface area contributed by atoms with E-state index in [9.17, 15) is 0 Å². The fourth-order valence-corrected chi connectivity index (χ4v) is 2.07. The van der Waals surface area contributed by atoms with E-state index in [1.807, 2.05) is 6.08 Å². The molecule has 1 atom stereocenters. The van der Waals surface area contributed by atoms with Crippen LogP contribution in [0.15, 0.2) is 12.7 Å². The molecule has 0 bridgehead atoms. The standard InChI is InChI=1S/C12H23N/c1-3-11(2)13-10-9-12-7-5-4-6-8-12/h3,11-13H,1,4-10H2,2H3. The van der Waals surface area contributed by atoms with Crippen molar-refractivity contribution in [1.29, 1.82) is 0 Å². The molecule has 1 fully saturated rings. The second kappa shape index (κ2) is 6.20. The van der Waals surface area contributed by atoms with Crippen molar-refractivity contribution in [3.05, 3.63) is 12.7 Å². The first kappa shape index (κ1) is 10.8. The van der Waals surface area contributed by atoms with E-state index in [0.717, 1.165) is 12.5 Å². The van der Waals surface area contributed by atoms with E-state index in [0.29, 0.717) is 6.04 Å². The lowest BCUT2D eigenvalue weighted by molar-refractivity contribution is 0.332. The van der Waals surface area contributed by atoms with Crippen molar-refractivity contribution in [2.24, 2.45) is 5.92 Å². The van der Waals surface area contributed by atoms with Gasteiger partial charge in [0.1, 0.15) is 0 Å². The Bertz CT molecular complexity index is 136. The number of rotatable bonds is 5. The van der Waals surface area contributed by atoms with E-state index in [2.05, 4.69) is 18.8 Å². The van der Waals surface area contributed by atoms with Crippen molar-refractivity contribution < 1.29 is 0 Å². The Hall–Kier alpha value is -0.300. The van der Waals surface area contributed by atoms with Crippen LogP contribution in [0.3, 0.4) is 0 Å². The minimum Gasteiger partial charge on any atom is -0.311 e. The molecule has 13 heavy (non-hydrogen) atoms. The van der Waals surface area contributed by atoms with Crippen molar-refractivity contribution in [3.8, 4) is 0 Å². The molecular formula is C12H23N. The zero-order chi connectivity index (χ0) is 9.52. The van der Waals surface area contributed by atoms with Crippen molar-refractivity contribution in [2.75, 3.05) is 6.54 Å². The second-order valence-electron chi connectivity index (χ2n) is 4.27. The van der Waals surface area contributed by atoms with Gasteiger partial charge in [-0.3, -0.25) is 0 Å². The summed E-state index contributed by atoms with van der Waals surface area (Å²) >= 11 is 0. The van der Waals surface area contributed by atoms with Crippen molar-refractivity contribution >= 4 is 0 Å². The Morgan fingerprint density at radius 1 is 1.38 bits per heavy atom. The molecule has 0 amide bonds. The Morgan fingerprint density at radius 3 is 2.69 bits per heavy atom. The lowest BCUT2D eigenvalue weighted by atomic mass is 9.87. The van der Waals surface area contributed by atoms with Crippen LogP contribution in [0.2, 0.25) is 0 Å². The Balaban J connectivity index is 2.01. The van der Waals surface area contributed by atoms with Gasteiger partial charge in [-0.25, -0.2) is 0 Å². The maximum Gasteiger partial charge on any atom is 0.0219 e. The van der Waals surface area contributed by atoms with Crippen LogP contribution in [-0.4, -0.2) is 12.6 Å². The van der Waals surface area contributed by atoms with Crippen LogP contribution >= 0.6 is 0 Å². The molecule has 1 aliphatic rings. The van der Waals surface area contributed by atoms with Gasteiger partial charge in [-0.15, -0.1) is 6.58 Å². The van der Waals surface area contributed by atoms with E-state index in [4.69, 9.17) is 0 Å². The lowest BCUT2D eigenvalue weighted by Crippen LogP contribution is -2.26. The molecule has 1 N–H and O–H groups in total. The summed E-state index contributed by atoms with van der Waals surface area (Å²) < 4.78 is 0. The summed E-state index contributed by atoms with van der Waals surface area (Å²) in [5.41, 5.74) is 0. The van der Waals surface area contributed by atoms with Gasteiger partial charge in [0.25, 0.3) is 0 Å². The van der Waals surface area contributed by atoms with E-state index in [1.165, 1.54) is 38.5 Å². The number of hydrogen-bond acceptors (Lipinski definition) is 1. The predicted molar refractivity (Wildman–Crippen MR) is 58.9 cm³/mol. The molecule has 0 radical (unpaired) electrons. The molecule has 1 unspecified atom stereocenters. The zero-order valence-corrected chi connectivity index (χ0v) is 8.89. The molecule has 1 aliphatic carbocycles. The largest absolute Gasteiger partial charge is 0.311 e.